The summed E-state index contributed by atoms with van der Waals surface area (Å²) in [5, 5.41) is 1.40. The maximum absolute atomic E-state index is 12.9. The number of benzene rings is 3. The van der Waals surface area contributed by atoms with Crippen LogP contribution in [-0.4, -0.2) is 12.9 Å². The number of fused-ring (bicyclic) bond motifs is 1. The highest BCUT2D eigenvalue weighted by Gasteiger charge is 2.16. The highest BCUT2D eigenvalue weighted by molar-refractivity contribution is 6.30. The molecule has 28 heavy (non-hydrogen) atoms. The van der Waals surface area contributed by atoms with Crippen LogP contribution in [0.4, 0.5) is 0 Å². The first-order valence-electron chi connectivity index (χ1n) is 8.71. The van der Waals surface area contributed by atoms with Crippen molar-refractivity contribution in [2.45, 2.75) is 6.61 Å². The van der Waals surface area contributed by atoms with Gasteiger partial charge in [-0.3, -0.25) is 4.79 Å². The second kappa shape index (κ2) is 7.79. The van der Waals surface area contributed by atoms with E-state index in [1.165, 1.54) is 6.26 Å². The molecule has 4 aromatic rings. The molecule has 0 aliphatic rings. The molecule has 0 fully saturated rings. The molecule has 1 heterocycles. The van der Waals surface area contributed by atoms with Gasteiger partial charge in [0.25, 0.3) is 0 Å². The van der Waals surface area contributed by atoms with Crippen molar-refractivity contribution in [2.75, 3.05) is 7.11 Å². The number of furan rings is 1. The lowest BCUT2D eigenvalue weighted by Crippen LogP contribution is -2.00. The summed E-state index contributed by atoms with van der Waals surface area (Å²) in [5.41, 5.74) is 2.70. The standard InChI is InChI=1S/C23H17ClO4/c1-26-18-8-4-16(5-9-18)23(25)21-14-28-22-11-10-19(12-20(21)22)27-13-15-2-6-17(24)7-3-15/h2-12,14H,13H2,1H3. The summed E-state index contributed by atoms with van der Waals surface area (Å²) in [4.78, 5) is 12.9. The molecule has 4 nitrogen and oxygen atoms in total. The maximum Gasteiger partial charge on any atom is 0.196 e. The van der Waals surface area contributed by atoms with Gasteiger partial charge in [-0.1, -0.05) is 23.7 Å². The molecule has 140 valence electrons. The summed E-state index contributed by atoms with van der Waals surface area (Å²) in [5.74, 6) is 1.25. The Kier molecular flexibility index (Phi) is 5.04. The van der Waals surface area contributed by atoms with E-state index in [-0.39, 0.29) is 5.78 Å². The van der Waals surface area contributed by atoms with E-state index in [9.17, 15) is 4.79 Å². The fourth-order valence-electron chi connectivity index (χ4n) is 2.92. The second-order valence-electron chi connectivity index (χ2n) is 6.28. The molecule has 1 aromatic heterocycles. The summed E-state index contributed by atoms with van der Waals surface area (Å²) in [6.07, 6.45) is 1.49. The molecule has 0 N–H and O–H groups in total. The van der Waals surface area contributed by atoms with Gasteiger partial charge in [-0.15, -0.1) is 0 Å². The first-order valence-corrected chi connectivity index (χ1v) is 9.09. The minimum absolute atomic E-state index is 0.115. The van der Waals surface area contributed by atoms with Crippen LogP contribution in [0.15, 0.2) is 77.4 Å². The van der Waals surface area contributed by atoms with E-state index in [4.69, 9.17) is 25.5 Å². The zero-order valence-corrected chi connectivity index (χ0v) is 15.9. The number of hydrogen-bond acceptors (Lipinski definition) is 4. The van der Waals surface area contributed by atoms with Crippen molar-refractivity contribution < 1.29 is 18.7 Å². The molecule has 0 unspecified atom stereocenters. The molecule has 0 aliphatic heterocycles. The molecule has 0 saturated carbocycles. The molecule has 0 bridgehead atoms. The first-order chi connectivity index (χ1) is 13.6. The Morgan fingerprint density at radius 3 is 2.39 bits per heavy atom. The SMILES string of the molecule is COc1ccc(C(=O)c2coc3ccc(OCc4ccc(Cl)cc4)cc23)cc1. The van der Waals surface area contributed by atoms with Crippen LogP contribution in [0.3, 0.4) is 0 Å². The Labute approximate surface area is 167 Å². The lowest BCUT2D eigenvalue weighted by Gasteiger charge is -2.07. The van der Waals surface area contributed by atoms with Gasteiger partial charge in [0.2, 0.25) is 0 Å². The third kappa shape index (κ3) is 3.73. The van der Waals surface area contributed by atoms with Crippen LogP contribution in [0, 0.1) is 0 Å². The number of ether oxygens (including phenoxy) is 2. The van der Waals surface area contributed by atoms with Crippen molar-refractivity contribution >= 4 is 28.4 Å². The van der Waals surface area contributed by atoms with Gasteiger partial charge in [0.05, 0.1) is 12.7 Å². The Morgan fingerprint density at radius 2 is 1.68 bits per heavy atom. The molecule has 3 aromatic carbocycles. The van der Waals surface area contributed by atoms with Crippen molar-refractivity contribution in [1.29, 1.82) is 0 Å². The Hall–Kier alpha value is -3.24. The van der Waals surface area contributed by atoms with E-state index < -0.39 is 0 Å². The van der Waals surface area contributed by atoms with Crippen molar-refractivity contribution in [3.8, 4) is 11.5 Å². The zero-order valence-electron chi connectivity index (χ0n) is 15.1. The van der Waals surface area contributed by atoms with E-state index >= 15 is 0 Å². The van der Waals surface area contributed by atoms with E-state index in [1.807, 2.05) is 36.4 Å². The number of methoxy groups -OCH3 is 1. The largest absolute Gasteiger partial charge is 0.497 e. The number of halogens is 1. The summed E-state index contributed by atoms with van der Waals surface area (Å²) in [6, 6.07) is 19.9. The number of carbonyl (C=O) groups is 1. The lowest BCUT2D eigenvalue weighted by molar-refractivity contribution is 0.103. The average molecular weight is 393 g/mol. The highest BCUT2D eigenvalue weighted by Crippen LogP contribution is 2.28. The van der Waals surface area contributed by atoms with Gasteiger partial charge in [-0.05, 0) is 60.2 Å². The highest BCUT2D eigenvalue weighted by atomic mass is 35.5. The van der Waals surface area contributed by atoms with Crippen molar-refractivity contribution in [2.24, 2.45) is 0 Å². The minimum atomic E-state index is -0.115. The third-order valence-electron chi connectivity index (χ3n) is 4.46. The van der Waals surface area contributed by atoms with Crippen molar-refractivity contribution in [3.63, 3.8) is 0 Å². The van der Waals surface area contributed by atoms with Crippen LogP contribution < -0.4 is 9.47 Å². The van der Waals surface area contributed by atoms with Crippen molar-refractivity contribution in [1.82, 2.24) is 0 Å². The van der Waals surface area contributed by atoms with Crippen LogP contribution in [0.2, 0.25) is 5.02 Å². The molecule has 4 rings (SSSR count). The quantitative estimate of drug-likeness (QED) is 0.383. The van der Waals surface area contributed by atoms with Gasteiger partial charge < -0.3 is 13.9 Å². The minimum Gasteiger partial charge on any atom is -0.497 e. The predicted molar refractivity (Wildman–Crippen MR) is 108 cm³/mol. The topological polar surface area (TPSA) is 48.7 Å². The molecule has 0 aliphatic carbocycles. The molecular formula is C23H17ClO4. The number of hydrogen-bond donors (Lipinski definition) is 0. The summed E-state index contributed by atoms with van der Waals surface area (Å²) in [6.45, 7) is 0.405. The smallest absolute Gasteiger partial charge is 0.196 e. The van der Waals surface area contributed by atoms with Crippen LogP contribution in [0.25, 0.3) is 11.0 Å². The van der Waals surface area contributed by atoms with Crippen LogP contribution in [-0.2, 0) is 6.61 Å². The van der Waals surface area contributed by atoms with Gasteiger partial charge in [-0.25, -0.2) is 0 Å². The normalized spacial score (nSPS) is 10.8. The lowest BCUT2D eigenvalue weighted by atomic mass is 10.0. The number of rotatable bonds is 6. The Balaban J connectivity index is 1.58. The molecule has 0 spiro atoms. The summed E-state index contributed by atoms with van der Waals surface area (Å²) >= 11 is 5.91. The molecule has 0 atom stereocenters. The number of carbonyl (C=O) groups excluding carboxylic acids is 1. The zero-order chi connectivity index (χ0) is 19.5. The van der Waals surface area contributed by atoms with Gasteiger partial charge in [0.1, 0.15) is 30.0 Å². The van der Waals surface area contributed by atoms with Crippen LogP contribution in [0.5, 0.6) is 11.5 Å². The van der Waals surface area contributed by atoms with Gasteiger partial charge in [0, 0.05) is 16.0 Å². The van der Waals surface area contributed by atoms with Gasteiger partial charge in [0.15, 0.2) is 5.78 Å². The molecule has 0 amide bonds. The predicted octanol–water partition coefficient (Wildman–Crippen LogP) is 5.90. The Bertz CT molecular complexity index is 1110. The Morgan fingerprint density at radius 1 is 0.964 bits per heavy atom. The second-order valence-corrected chi connectivity index (χ2v) is 6.72. The molecule has 0 saturated heterocycles. The summed E-state index contributed by atoms with van der Waals surface area (Å²) < 4.78 is 16.6. The van der Waals surface area contributed by atoms with Crippen LogP contribution in [0.1, 0.15) is 21.5 Å². The van der Waals surface area contributed by atoms with E-state index in [1.54, 1.807) is 37.4 Å². The van der Waals surface area contributed by atoms with Gasteiger partial charge >= 0.3 is 0 Å². The van der Waals surface area contributed by atoms with E-state index in [0.717, 1.165) is 10.9 Å². The fraction of sp³-hybridized carbons (Fsp3) is 0.0870. The molecule has 5 heteroatoms. The van der Waals surface area contributed by atoms with Gasteiger partial charge in [-0.2, -0.15) is 0 Å². The third-order valence-corrected chi connectivity index (χ3v) is 4.71. The monoisotopic (exact) mass is 392 g/mol. The maximum atomic E-state index is 12.9. The molecule has 0 radical (unpaired) electrons. The first kappa shape index (κ1) is 18.1. The van der Waals surface area contributed by atoms with Crippen molar-refractivity contribution in [3.05, 3.63) is 94.7 Å². The van der Waals surface area contributed by atoms with Crippen LogP contribution >= 0.6 is 11.6 Å². The fourth-order valence-corrected chi connectivity index (χ4v) is 3.05. The average Bonchev–Trinajstić information content (AvgIpc) is 3.16. The number of ketones is 1. The summed E-state index contributed by atoms with van der Waals surface area (Å²) in [7, 11) is 1.59. The van der Waals surface area contributed by atoms with E-state index in [0.29, 0.717) is 39.8 Å². The van der Waals surface area contributed by atoms with E-state index in [2.05, 4.69) is 0 Å². The molecular weight excluding hydrogens is 376 g/mol.